The van der Waals surface area contributed by atoms with Crippen molar-refractivity contribution < 1.29 is 9.84 Å². The molecular formula is C18H23NO2. The molecule has 0 aliphatic heterocycles. The van der Waals surface area contributed by atoms with Gasteiger partial charge in [-0.1, -0.05) is 30.3 Å². The normalized spacial score (nSPS) is 10.4. The molecule has 2 rings (SSSR count). The first-order valence-corrected chi connectivity index (χ1v) is 7.41. The van der Waals surface area contributed by atoms with E-state index in [9.17, 15) is 5.11 Å². The highest BCUT2D eigenvalue weighted by Gasteiger charge is 2.13. The van der Waals surface area contributed by atoms with Crippen molar-refractivity contribution in [1.29, 1.82) is 0 Å². The lowest BCUT2D eigenvalue weighted by molar-refractivity contribution is 0.316. The third kappa shape index (κ3) is 3.48. The Morgan fingerprint density at radius 2 is 1.81 bits per heavy atom. The summed E-state index contributed by atoms with van der Waals surface area (Å²) in [5.74, 6) is 0.794. The lowest BCUT2D eigenvalue weighted by atomic mass is 10.1. The Bertz CT molecular complexity index is 596. The summed E-state index contributed by atoms with van der Waals surface area (Å²) in [6, 6.07) is 14.0. The van der Waals surface area contributed by atoms with Crippen molar-refractivity contribution in [2.45, 2.75) is 27.3 Å². The fourth-order valence-corrected chi connectivity index (χ4v) is 2.46. The molecule has 0 fully saturated rings. The molecule has 3 heteroatoms. The van der Waals surface area contributed by atoms with Gasteiger partial charge in [0.15, 0.2) is 11.5 Å². The van der Waals surface area contributed by atoms with Crippen LogP contribution in [0, 0.1) is 6.92 Å². The Morgan fingerprint density at radius 1 is 1.05 bits per heavy atom. The first-order chi connectivity index (χ1) is 10.2. The van der Waals surface area contributed by atoms with E-state index in [0.717, 1.165) is 12.1 Å². The summed E-state index contributed by atoms with van der Waals surface area (Å²) in [5.41, 5.74) is 3.31. The summed E-state index contributed by atoms with van der Waals surface area (Å²) in [6.45, 7) is 8.23. The Balaban J connectivity index is 2.27. The number of aromatic hydroxyl groups is 1. The van der Waals surface area contributed by atoms with Crippen LogP contribution >= 0.6 is 0 Å². The number of hydrogen-bond acceptors (Lipinski definition) is 3. The predicted molar refractivity (Wildman–Crippen MR) is 87.2 cm³/mol. The zero-order chi connectivity index (χ0) is 15.2. The molecule has 2 aromatic rings. The first kappa shape index (κ1) is 15.2. The maximum atomic E-state index is 10.3. The molecule has 0 atom stereocenters. The largest absolute Gasteiger partial charge is 0.504 e. The van der Waals surface area contributed by atoms with Gasteiger partial charge in [-0.25, -0.2) is 0 Å². The van der Waals surface area contributed by atoms with Gasteiger partial charge < -0.3 is 14.7 Å². The van der Waals surface area contributed by atoms with Crippen molar-refractivity contribution in [3.63, 3.8) is 0 Å². The van der Waals surface area contributed by atoms with Crippen LogP contribution in [0.1, 0.15) is 25.0 Å². The summed E-state index contributed by atoms with van der Waals surface area (Å²) < 4.78 is 5.45. The lowest BCUT2D eigenvalue weighted by Gasteiger charge is -2.25. The minimum atomic E-state index is 0.242. The second-order valence-corrected chi connectivity index (χ2v) is 5.00. The van der Waals surface area contributed by atoms with Gasteiger partial charge in [-0.05, 0) is 38.5 Å². The fraction of sp³-hybridized carbons (Fsp3) is 0.333. The number of anilines is 1. The van der Waals surface area contributed by atoms with E-state index in [2.05, 4.69) is 30.9 Å². The number of benzene rings is 2. The molecule has 21 heavy (non-hydrogen) atoms. The minimum absolute atomic E-state index is 0.242. The molecular weight excluding hydrogens is 262 g/mol. The van der Waals surface area contributed by atoms with E-state index in [1.54, 1.807) is 6.07 Å². The number of ether oxygens (including phenoxy) is 1. The van der Waals surface area contributed by atoms with E-state index in [-0.39, 0.29) is 5.75 Å². The SMILES string of the molecule is CCOc1cccc(CN(CC)c2ccccc2C)c1O. The van der Waals surface area contributed by atoms with Crippen LogP contribution in [0.2, 0.25) is 0 Å². The average molecular weight is 285 g/mol. The predicted octanol–water partition coefficient (Wildman–Crippen LogP) is 4.13. The van der Waals surface area contributed by atoms with Crippen LogP contribution in [-0.4, -0.2) is 18.3 Å². The molecule has 112 valence electrons. The number of nitrogens with zero attached hydrogens (tertiary/aromatic N) is 1. The van der Waals surface area contributed by atoms with Crippen LogP contribution in [0.25, 0.3) is 0 Å². The number of para-hydroxylation sites is 2. The minimum Gasteiger partial charge on any atom is -0.504 e. The van der Waals surface area contributed by atoms with Crippen LogP contribution in [0.5, 0.6) is 11.5 Å². The maximum Gasteiger partial charge on any atom is 0.162 e. The Kier molecular flexibility index (Phi) is 5.09. The lowest BCUT2D eigenvalue weighted by Crippen LogP contribution is -2.22. The molecule has 0 aromatic heterocycles. The van der Waals surface area contributed by atoms with Crippen LogP contribution in [0.3, 0.4) is 0 Å². The van der Waals surface area contributed by atoms with E-state index < -0.39 is 0 Å². The number of phenolic OH excluding ortho intramolecular Hbond substituents is 1. The monoisotopic (exact) mass is 285 g/mol. The quantitative estimate of drug-likeness (QED) is 0.866. The third-order valence-electron chi connectivity index (χ3n) is 3.58. The number of aryl methyl sites for hydroxylation is 1. The van der Waals surface area contributed by atoms with Gasteiger partial charge in [0.05, 0.1) is 6.61 Å². The van der Waals surface area contributed by atoms with Gasteiger partial charge in [-0.15, -0.1) is 0 Å². The average Bonchev–Trinajstić information content (AvgIpc) is 2.49. The molecule has 3 nitrogen and oxygen atoms in total. The van der Waals surface area contributed by atoms with Crippen molar-refractivity contribution in [2.75, 3.05) is 18.1 Å². The standard InChI is InChI=1S/C18H23NO2/c1-4-19(16-11-7-6-9-14(16)3)13-15-10-8-12-17(18(15)20)21-5-2/h6-12,20H,4-5,13H2,1-3H3. The third-order valence-corrected chi connectivity index (χ3v) is 3.58. The van der Waals surface area contributed by atoms with Crippen LogP contribution in [0.4, 0.5) is 5.69 Å². The molecule has 0 radical (unpaired) electrons. The molecule has 0 unspecified atom stereocenters. The van der Waals surface area contributed by atoms with E-state index in [0.29, 0.717) is 18.9 Å². The van der Waals surface area contributed by atoms with Crippen molar-refractivity contribution in [2.24, 2.45) is 0 Å². The van der Waals surface area contributed by atoms with E-state index in [1.165, 1.54) is 11.3 Å². The second kappa shape index (κ2) is 7.02. The Morgan fingerprint density at radius 3 is 2.48 bits per heavy atom. The topological polar surface area (TPSA) is 32.7 Å². The molecule has 0 aliphatic rings. The highest BCUT2D eigenvalue weighted by Crippen LogP contribution is 2.32. The smallest absolute Gasteiger partial charge is 0.162 e. The number of hydrogen-bond donors (Lipinski definition) is 1. The van der Waals surface area contributed by atoms with Gasteiger partial charge in [0.2, 0.25) is 0 Å². The highest BCUT2D eigenvalue weighted by atomic mass is 16.5. The van der Waals surface area contributed by atoms with Gasteiger partial charge in [0.1, 0.15) is 0 Å². The maximum absolute atomic E-state index is 10.3. The molecule has 0 aliphatic carbocycles. The molecule has 0 saturated heterocycles. The van der Waals surface area contributed by atoms with E-state index in [4.69, 9.17) is 4.74 Å². The second-order valence-electron chi connectivity index (χ2n) is 5.00. The van der Waals surface area contributed by atoms with Crippen molar-refractivity contribution in [1.82, 2.24) is 0 Å². The van der Waals surface area contributed by atoms with Crippen LogP contribution in [-0.2, 0) is 6.54 Å². The Hall–Kier alpha value is -2.16. The summed E-state index contributed by atoms with van der Waals surface area (Å²) >= 11 is 0. The van der Waals surface area contributed by atoms with E-state index in [1.807, 2.05) is 31.2 Å². The number of phenols is 1. The zero-order valence-corrected chi connectivity index (χ0v) is 13.0. The molecule has 0 saturated carbocycles. The van der Waals surface area contributed by atoms with Gasteiger partial charge in [0, 0.05) is 24.3 Å². The molecule has 0 amide bonds. The van der Waals surface area contributed by atoms with Crippen molar-refractivity contribution in [3.8, 4) is 11.5 Å². The van der Waals surface area contributed by atoms with Crippen molar-refractivity contribution >= 4 is 5.69 Å². The summed E-state index contributed by atoms with van der Waals surface area (Å²) in [4.78, 5) is 2.25. The zero-order valence-electron chi connectivity index (χ0n) is 13.0. The van der Waals surface area contributed by atoms with Gasteiger partial charge in [-0.2, -0.15) is 0 Å². The van der Waals surface area contributed by atoms with Gasteiger partial charge in [-0.3, -0.25) is 0 Å². The van der Waals surface area contributed by atoms with Gasteiger partial charge >= 0.3 is 0 Å². The molecule has 2 aromatic carbocycles. The molecule has 1 N–H and O–H groups in total. The molecule has 0 heterocycles. The Labute approximate surface area is 126 Å². The fourth-order valence-electron chi connectivity index (χ4n) is 2.46. The summed E-state index contributed by atoms with van der Waals surface area (Å²) in [5, 5.41) is 10.3. The van der Waals surface area contributed by atoms with Crippen LogP contribution < -0.4 is 9.64 Å². The summed E-state index contributed by atoms with van der Waals surface area (Å²) in [7, 11) is 0. The number of rotatable bonds is 6. The van der Waals surface area contributed by atoms with Gasteiger partial charge in [0.25, 0.3) is 0 Å². The first-order valence-electron chi connectivity index (χ1n) is 7.41. The van der Waals surface area contributed by atoms with E-state index >= 15 is 0 Å². The van der Waals surface area contributed by atoms with Crippen molar-refractivity contribution in [3.05, 3.63) is 53.6 Å². The highest BCUT2D eigenvalue weighted by molar-refractivity contribution is 5.55. The molecule has 0 spiro atoms. The van der Waals surface area contributed by atoms with Crippen LogP contribution in [0.15, 0.2) is 42.5 Å². The summed E-state index contributed by atoms with van der Waals surface area (Å²) in [6.07, 6.45) is 0. The molecule has 0 bridgehead atoms.